The molecule has 0 aliphatic heterocycles. The Kier molecular flexibility index (Phi) is 5.69. The van der Waals surface area contributed by atoms with Gasteiger partial charge < -0.3 is 10.4 Å². The van der Waals surface area contributed by atoms with Crippen LogP contribution in [0.15, 0.2) is 16.8 Å². The van der Waals surface area contributed by atoms with Gasteiger partial charge in [0.1, 0.15) is 0 Å². The maximum Gasteiger partial charge on any atom is 0.305 e. The van der Waals surface area contributed by atoms with Gasteiger partial charge in [0.2, 0.25) is 5.91 Å². The van der Waals surface area contributed by atoms with Crippen molar-refractivity contribution in [3.8, 4) is 0 Å². The zero-order valence-corrected chi connectivity index (χ0v) is 10.6. The van der Waals surface area contributed by atoms with E-state index in [0.29, 0.717) is 12.8 Å². The minimum atomic E-state index is -0.876. The fourth-order valence-corrected chi connectivity index (χ4v) is 2.31. The molecule has 94 valence electrons. The number of amides is 1. The second-order valence-corrected chi connectivity index (χ2v) is 4.74. The summed E-state index contributed by atoms with van der Waals surface area (Å²) in [7, 11) is 0. The quantitative estimate of drug-likeness (QED) is 0.783. The molecule has 5 heteroatoms. The highest BCUT2D eigenvalue weighted by atomic mass is 32.1. The largest absolute Gasteiger partial charge is 0.481 e. The van der Waals surface area contributed by atoms with Crippen molar-refractivity contribution in [2.24, 2.45) is 0 Å². The summed E-state index contributed by atoms with van der Waals surface area (Å²) < 4.78 is 0. The lowest BCUT2D eigenvalue weighted by Crippen LogP contribution is -2.37. The maximum absolute atomic E-state index is 11.7. The van der Waals surface area contributed by atoms with E-state index >= 15 is 0 Å². The van der Waals surface area contributed by atoms with Crippen LogP contribution in [0.2, 0.25) is 0 Å². The Bertz CT molecular complexity index is 362. The molecule has 0 saturated heterocycles. The number of hydrogen-bond acceptors (Lipinski definition) is 3. The SMILES string of the molecule is CCCC(CC(=O)O)NC(=O)Cc1ccsc1. The molecule has 1 aromatic heterocycles. The van der Waals surface area contributed by atoms with Crippen molar-refractivity contribution in [1.29, 1.82) is 0 Å². The van der Waals surface area contributed by atoms with Crippen LogP contribution in [-0.2, 0) is 16.0 Å². The second kappa shape index (κ2) is 7.06. The molecule has 4 nitrogen and oxygen atoms in total. The van der Waals surface area contributed by atoms with Gasteiger partial charge in [0.25, 0.3) is 0 Å². The molecule has 0 aromatic carbocycles. The number of aliphatic carboxylic acids is 1. The van der Waals surface area contributed by atoms with Gasteiger partial charge in [-0.1, -0.05) is 13.3 Å². The summed E-state index contributed by atoms with van der Waals surface area (Å²) in [5.74, 6) is -0.984. The number of carboxylic acids is 1. The highest BCUT2D eigenvalue weighted by Crippen LogP contribution is 2.08. The van der Waals surface area contributed by atoms with Crippen molar-refractivity contribution in [2.75, 3.05) is 0 Å². The van der Waals surface area contributed by atoms with E-state index in [9.17, 15) is 9.59 Å². The summed E-state index contributed by atoms with van der Waals surface area (Å²) >= 11 is 1.55. The summed E-state index contributed by atoms with van der Waals surface area (Å²) in [6, 6.07) is 1.64. The van der Waals surface area contributed by atoms with Gasteiger partial charge in [0.15, 0.2) is 0 Å². The lowest BCUT2D eigenvalue weighted by Gasteiger charge is -2.15. The van der Waals surface area contributed by atoms with E-state index in [1.54, 1.807) is 11.3 Å². The number of carbonyl (C=O) groups is 2. The van der Waals surface area contributed by atoms with Crippen LogP contribution in [0.3, 0.4) is 0 Å². The highest BCUT2D eigenvalue weighted by Gasteiger charge is 2.15. The third-order valence-corrected chi connectivity index (χ3v) is 3.10. The van der Waals surface area contributed by atoms with Crippen molar-refractivity contribution in [1.82, 2.24) is 5.32 Å². The molecule has 0 aliphatic rings. The number of hydrogen-bond donors (Lipinski definition) is 2. The van der Waals surface area contributed by atoms with Crippen LogP contribution in [0, 0.1) is 0 Å². The Morgan fingerprint density at radius 3 is 2.82 bits per heavy atom. The zero-order chi connectivity index (χ0) is 12.7. The third-order valence-electron chi connectivity index (χ3n) is 2.37. The standard InChI is InChI=1S/C12H17NO3S/c1-2-3-10(7-12(15)16)13-11(14)6-9-4-5-17-8-9/h4-5,8,10H,2-3,6-7H2,1H3,(H,13,14)(H,15,16). The first-order valence-electron chi connectivity index (χ1n) is 5.64. The molecule has 0 fully saturated rings. The fourth-order valence-electron chi connectivity index (χ4n) is 1.64. The topological polar surface area (TPSA) is 66.4 Å². The van der Waals surface area contributed by atoms with Crippen LogP contribution in [-0.4, -0.2) is 23.0 Å². The molecule has 1 aromatic rings. The molecule has 0 bridgehead atoms. The van der Waals surface area contributed by atoms with E-state index in [4.69, 9.17) is 5.11 Å². The van der Waals surface area contributed by atoms with Gasteiger partial charge in [-0.25, -0.2) is 0 Å². The molecule has 1 unspecified atom stereocenters. The average Bonchev–Trinajstić information content (AvgIpc) is 2.69. The van der Waals surface area contributed by atoms with Crippen molar-refractivity contribution in [3.63, 3.8) is 0 Å². The van der Waals surface area contributed by atoms with E-state index in [-0.39, 0.29) is 18.4 Å². The monoisotopic (exact) mass is 255 g/mol. The van der Waals surface area contributed by atoms with Gasteiger partial charge in [-0.2, -0.15) is 11.3 Å². The Morgan fingerprint density at radius 1 is 1.53 bits per heavy atom. The number of carboxylic acid groups (broad SMARTS) is 1. The van der Waals surface area contributed by atoms with Crippen LogP contribution in [0.1, 0.15) is 31.7 Å². The molecule has 17 heavy (non-hydrogen) atoms. The molecule has 1 rings (SSSR count). The first-order chi connectivity index (χ1) is 8.11. The van der Waals surface area contributed by atoms with E-state index in [0.717, 1.165) is 12.0 Å². The van der Waals surface area contributed by atoms with Crippen LogP contribution in [0.25, 0.3) is 0 Å². The Hall–Kier alpha value is -1.36. The second-order valence-electron chi connectivity index (χ2n) is 3.96. The average molecular weight is 255 g/mol. The van der Waals surface area contributed by atoms with Gasteiger partial charge >= 0.3 is 5.97 Å². The molecule has 2 N–H and O–H groups in total. The van der Waals surface area contributed by atoms with Gasteiger partial charge in [-0.05, 0) is 28.8 Å². The molecule has 0 aliphatic carbocycles. The number of carbonyl (C=O) groups excluding carboxylic acids is 1. The first kappa shape index (κ1) is 13.7. The molecular weight excluding hydrogens is 238 g/mol. The van der Waals surface area contributed by atoms with Crippen molar-refractivity contribution >= 4 is 23.2 Å². The Morgan fingerprint density at radius 2 is 2.29 bits per heavy atom. The lowest BCUT2D eigenvalue weighted by atomic mass is 10.1. The number of rotatable bonds is 7. The van der Waals surface area contributed by atoms with Crippen LogP contribution >= 0.6 is 11.3 Å². The summed E-state index contributed by atoms with van der Waals surface area (Å²) in [4.78, 5) is 22.3. The van der Waals surface area contributed by atoms with Crippen LogP contribution in [0.4, 0.5) is 0 Å². The Balaban J connectivity index is 2.43. The minimum Gasteiger partial charge on any atom is -0.481 e. The smallest absolute Gasteiger partial charge is 0.305 e. The zero-order valence-electron chi connectivity index (χ0n) is 9.81. The molecule has 0 spiro atoms. The normalized spacial score (nSPS) is 12.1. The molecule has 0 saturated carbocycles. The molecular formula is C12H17NO3S. The fraction of sp³-hybridized carbons (Fsp3) is 0.500. The predicted molar refractivity (Wildman–Crippen MR) is 67.1 cm³/mol. The van der Waals surface area contributed by atoms with Crippen LogP contribution in [0.5, 0.6) is 0 Å². The van der Waals surface area contributed by atoms with Crippen molar-refractivity contribution in [3.05, 3.63) is 22.4 Å². The van der Waals surface area contributed by atoms with Gasteiger partial charge in [-0.3, -0.25) is 9.59 Å². The highest BCUT2D eigenvalue weighted by molar-refractivity contribution is 7.07. The number of nitrogens with one attached hydrogen (secondary N) is 1. The predicted octanol–water partition coefficient (Wildman–Crippen LogP) is 2.05. The molecule has 1 heterocycles. The maximum atomic E-state index is 11.7. The Labute approximate surface area is 105 Å². The first-order valence-corrected chi connectivity index (χ1v) is 6.58. The third kappa shape index (κ3) is 5.49. The molecule has 0 radical (unpaired) electrons. The van der Waals surface area contributed by atoms with E-state index < -0.39 is 5.97 Å². The van der Waals surface area contributed by atoms with Gasteiger partial charge in [0, 0.05) is 6.04 Å². The lowest BCUT2D eigenvalue weighted by molar-refractivity contribution is -0.137. The van der Waals surface area contributed by atoms with E-state index in [2.05, 4.69) is 5.32 Å². The van der Waals surface area contributed by atoms with Gasteiger partial charge in [0.05, 0.1) is 12.8 Å². The summed E-state index contributed by atoms with van der Waals surface area (Å²) in [5, 5.41) is 15.3. The van der Waals surface area contributed by atoms with E-state index in [1.807, 2.05) is 23.8 Å². The summed E-state index contributed by atoms with van der Waals surface area (Å²) in [6.45, 7) is 1.97. The summed E-state index contributed by atoms with van der Waals surface area (Å²) in [6.07, 6.45) is 1.87. The van der Waals surface area contributed by atoms with Gasteiger partial charge in [-0.15, -0.1) is 0 Å². The van der Waals surface area contributed by atoms with Crippen molar-refractivity contribution in [2.45, 2.75) is 38.6 Å². The number of thiophene rings is 1. The summed E-state index contributed by atoms with van der Waals surface area (Å²) in [5.41, 5.74) is 0.970. The minimum absolute atomic E-state index is 0.0107. The van der Waals surface area contributed by atoms with Crippen LogP contribution < -0.4 is 5.32 Å². The molecule has 1 atom stereocenters. The molecule has 1 amide bonds. The van der Waals surface area contributed by atoms with E-state index in [1.165, 1.54) is 0 Å². The van der Waals surface area contributed by atoms with Crippen molar-refractivity contribution < 1.29 is 14.7 Å².